The van der Waals surface area contributed by atoms with E-state index in [9.17, 15) is 0 Å². The molecular formula is C10H15I. The minimum atomic E-state index is 0.384. The molecular weight excluding hydrogens is 247 g/mol. The van der Waals surface area contributed by atoms with Gasteiger partial charge >= 0.3 is 0 Å². The average Bonchev–Trinajstić information content (AvgIpc) is 2.04. The summed E-state index contributed by atoms with van der Waals surface area (Å²) in [4.78, 5) is 0. The van der Waals surface area contributed by atoms with Crippen LogP contribution in [0, 0.1) is 5.41 Å². The van der Waals surface area contributed by atoms with Gasteiger partial charge in [-0.05, 0) is 45.4 Å². The predicted molar refractivity (Wildman–Crippen MR) is 58.9 cm³/mol. The van der Waals surface area contributed by atoms with Gasteiger partial charge in [0.1, 0.15) is 0 Å². The lowest BCUT2D eigenvalue weighted by molar-refractivity contribution is 0.450. The maximum Gasteiger partial charge on any atom is 0.00662 e. The molecule has 0 bridgehead atoms. The molecule has 11 heavy (non-hydrogen) atoms. The molecule has 0 spiro atoms. The minimum absolute atomic E-state index is 0.384. The first-order chi connectivity index (χ1) is 5.22. The molecule has 1 rings (SSSR count). The summed E-state index contributed by atoms with van der Waals surface area (Å²) < 4.78 is 1.49. The number of hydrogen-bond acceptors (Lipinski definition) is 0. The highest BCUT2D eigenvalue weighted by atomic mass is 127. The van der Waals surface area contributed by atoms with Crippen molar-refractivity contribution in [3.8, 4) is 0 Å². The highest BCUT2D eigenvalue weighted by Gasteiger charge is 2.21. The van der Waals surface area contributed by atoms with Crippen LogP contribution in [0.5, 0.6) is 0 Å². The van der Waals surface area contributed by atoms with Crippen LogP contribution >= 0.6 is 22.6 Å². The van der Waals surface area contributed by atoms with Crippen LogP contribution < -0.4 is 0 Å². The maximum absolute atomic E-state index is 2.44. The van der Waals surface area contributed by atoms with Crippen LogP contribution in [0.4, 0.5) is 0 Å². The fraction of sp³-hybridized carbons (Fsp3) is 0.600. The Balaban J connectivity index is 2.82. The molecule has 0 aromatic rings. The fourth-order valence-electron chi connectivity index (χ4n) is 1.51. The normalized spacial score (nSPS) is 21.5. The first-order valence-electron chi connectivity index (χ1n) is 4.27. The van der Waals surface area contributed by atoms with Gasteiger partial charge in [0.05, 0.1) is 0 Å². The SMILES string of the molecule is CCC1(CC)C=CCC(I)=C1. The average molecular weight is 262 g/mol. The number of hydrogen-bond donors (Lipinski definition) is 0. The van der Waals surface area contributed by atoms with Crippen molar-refractivity contribution in [2.24, 2.45) is 5.41 Å². The van der Waals surface area contributed by atoms with Crippen molar-refractivity contribution in [2.75, 3.05) is 0 Å². The zero-order valence-electron chi connectivity index (χ0n) is 7.23. The Kier molecular flexibility index (Phi) is 3.16. The van der Waals surface area contributed by atoms with E-state index in [1.165, 1.54) is 16.4 Å². The fourth-order valence-corrected chi connectivity index (χ4v) is 2.39. The lowest BCUT2D eigenvalue weighted by atomic mass is 9.79. The molecule has 0 amide bonds. The van der Waals surface area contributed by atoms with Crippen molar-refractivity contribution in [3.05, 3.63) is 21.8 Å². The van der Waals surface area contributed by atoms with E-state index in [4.69, 9.17) is 0 Å². The number of halogens is 1. The van der Waals surface area contributed by atoms with Crippen LogP contribution in [-0.4, -0.2) is 0 Å². The van der Waals surface area contributed by atoms with E-state index in [-0.39, 0.29) is 0 Å². The molecule has 0 aromatic heterocycles. The molecule has 0 saturated carbocycles. The lowest BCUT2D eigenvalue weighted by Crippen LogP contribution is -2.14. The second-order valence-electron chi connectivity index (χ2n) is 3.14. The molecule has 62 valence electrons. The van der Waals surface area contributed by atoms with Gasteiger partial charge in [-0.25, -0.2) is 0 Å². The molecule has 0 radical (unpaired) electrons. The molecule has 0 saturated heterocycles. The molecule has 0 fully saturated rings. The van der Waals surface area contributed by atoms with E-state index in [1.807, 2.05) is 0 Å². The van der Waals surface area contributed by atoms with E-state index in [2.05, 4.69) is 54.7 Å². The largest absolute Gasteiger partial charge is 0.0828 e. The summed E-state index contributed by atoms with van der Waals surface area (Å²) in [7, 11) is 0. The summed E-state index contributed by atoms with van der Waals surface area (Å²) in [6.07, 6.45) is 10.7. The van der Waals surface area contributed by atoms with Crippen molar-refractivity contribution in [3.63, 3.8) is 0 Å². The van der Waals surface area contributed by atoms with Gasteiger partial charge in [-0.15, -0.1) is 0 Å². The Morgan fingerprint density at radius 1 is 1.45 bits per heavy atom. The molecule has 0 aromatic carbocycles. The molecule has 1 aliphatic carbocycles. The summed E-state index contributed by atoms with van der Waals surface area (Å²) in [5.74, 6) is 0. The predicted octanol–water partition coefficient (Wildman–Crippen LogP) is 4.07. The van der Waals surface area contributed by atoms with E-state index in [0.29, 0.717) is 5.41 Å². The lowest BCUT2D eigenvalue weighted by Gasteiger charge is -2.27. The maximum atomic E-state index is 2.44. The molecule has 1 aliphatic rings. The van der Waals surface area contributed by atoms with Gasteiger partial charge in [-0.3, -0.25) is 0 Å². The summed E-state index contributed by atoms with van der Waals surface area (Å²) in [6.45, 7) is 4.53. The first kappa shape index (κ1) is 9.30. The third-order valence-corrected chi connectivity index (χ3v) is 3.28. The molecule has 0 N–H and O–H groups in total. The van der Waals surface area contributed by atoms with Crippen LogP contribution in [-0.2, 0) is 0 Å². The quantitative estimate of drug-likeness (QED) is 0.519. The van der Waals surface area contributed by atoms with Gasteiger partial charge < -0.3 is 0 Å². The Labute approximate surface area is 82.9 Å². The third-order valence-electron chi connectivity index (χ3n) is 2.52. The molecule has 1 heteroatoms. The Morgan fingerprint density at radius 3 is 2.45 bits per heavy atom. The van der Waals surface area contributed by atoms with E-state index >= 15 is 0 Å². The smallest absolute Gasteiger partial charge is 0.00662 e. The Bertz CT molecular complexity index is 185. The molecule has 0 aliphatic heterocycles. The van der Waals surface area contributed by atoms with Gasteiger partial charge in [-0.2, -0.15) is 0 Å². The zero-order chi connectivity index (χ0) is 8.32. The van der Waals surface area contributed by atoms with Crippen LogP contribution in [0.2, 0.25) is 0 Å². The second kappa shape index (κ2) is 3.74. The van der Waals surface area contributed by atoms with Gasteiger partial charge in [-0.1, -0.05) is 32.1 Å². The minimum Gasteiger partial charge on any atom is -0.0828 e. The zero-order valence-corrected chi connectivity index (χ0v) is 9.39. The molecule has 0 heterocycles. The van der Waals surface area contributed by atoms with Crippen LogP contribution in [0.3, 0.4) is 0 Å². The molecule has 0 nitrogen and oxygen atoms in total. The second-order valence-corrected chi connectivity index (χ2v) is 4.52. The van der Waals surface area contributed by atoms with E-state index in [1.54, 1.807) is 0 Å². The van der Waals surface area contributed by atoms with Gasteiger partial charge in [0.25, 0.3) is 0 Å². The number of allylic oxidation sites excluding steroid dienone is 4. The van der Waals surface area contributed by atoms with E-state index < -0.39 is 0 Å². The van der Waals surface area contributed by atoms with Crippen molar-refractivity contribution in [2.45, 2.75) is 33.1 Å². The number of rotatable bonds is 2. The van der Waals surface area contributed by atoms with Gasteiger partial charge in [0.15, 0.2) is 0 Å². The van der Waals surface area contributed by atoms with Crippen LogP contribution in [0.15, 0.2) is 21.8 Å². The summed E-state index contributed by atoms with van der Waals surface area (Å²) in [5, 5.41) is 0. The van der Waals surface area contributed by atoms with Crippen molar-refractivity contribution in [1.29, 1.82) is 0 Å². The summed E-state index contributed by atoms with van der Waals surface area (Å²) in [5.41, 5.74) is 0.384. The monoisotopic (exact) mass is 262 g/mol. The van der Waals surface area contributed by atoms with Crippen LogP contribution in [0.25, 0.3) is 0 Å². The Hall–Kier alpha value is 0.210. The highest BCUT2D eigenvalue weighted by molar-refractivity contribution is 14.1. The topological polar surface area (TPSA) is 0 Å². The Morgan fingerprint density at radius 2 is 2.09 bits per heavy atom. The van der Waals surface area contributed by atoms with Gasteiger partial charge in [0.2, 0.25) is 0 Å². The highest BCUT2D eigenvalue weighted by Crippen LogP contribution is 2.36. The van der Waals surface area contributed by atoms with Crippen LogP contribution in [0.1, 0.15) is 33.1 Å². The molecule has 0 unspecified atom stereocenters. The van der Waals surface area contributed by atoms with Crippen molar-refractivity contribution >= 4 is 22.6 Å². The van der Waals surface area contributed by atoms with Gasteiger partial charge in [0, 0.05) is 5.41 Å². The first-order valence-corrected chi connectivity index (χ1v) is 5.35. The van der Waals surface area contributed by atoms with Crippen molar-refractivity contribution in [1.82, 2.24) is 0 Å². The summed E-state index contributed by atoms with van der Waals surface area (Å²) >= 11 is 2.44. The van der Waals surface area contributed by atoms with Crippen molar-refractivity contribution < 1.29 is 0 Å². The third kappa shape index (κ3) is 2.08. The standard InChI is InChI=1S/C10H15I/c1-3-10(4-2)7-5-6-9(11)8-10/h5,7-8H,3-4,6H2,1-2H3. The van der Waals surface area contributed by atoms with E-state index in [0.717, 1.165) is 6.42 Å². The summed E-state index contributed by atoms with van der Waals surface area (Å²) in [6, 6.07) is 0. The molecule has 0 atom stereocenters.